The molecule has 0 spiro atoms. The van der Waals surface area contributed by atoms with Crippen molar-refractivity contribution in [2.45, 2.75) is 6.42 Å². The lowest BCUT2D eigenvalue weighted by molar-refractivity contribution is 0.544. The van der Waals surface area contributed by atoms with Crippen molar-refractivity contribution in [3.8, 4) is 0 Å². The summed E-state index contributed by atoms with van der Waals surface area (Å²) in [6.07, 6.45) is 0.728. The molecule has 0 atom stereocenters. The number of benzene rings is 1. The molecule has 0 amide bonds. The summed E-state index contributed by atoms with van der Waals surface area (Å²) in [5.74, 6) is 0.718. The normalized spacial score (nSPS) is 11.1. The standard InChI is InChI=1S/C13H9NOS/c1-9-4-2-6-11-13(9)15-12(14-11)8-10-5-3-7-16-10/h1-7H,8H2. The van der Waals surface area contributed by atoms with Crippen molar-refractivity contribution in [2.75, 3.05) is 0 Å². The van der Waals surface area contributed by atoms with Crippen LogP contribution in [0.1, 0.15) is 16.3 Å². The third kappa shape index (κ3) is 1.63. The first-order valence-corrected chi connectivity index (χ1v) is 5.87. The molecule has 78 valence electrons. The molecule has 0 aliphatic carbocycles. The van der Waals surface area contributed by atoms with E-state index in [1.165, 1.54) is 4.88 Å². The molecule has 3 aromatic rings. The number of fused-ring (bicyclic) bond motifs is 1. The molecule has 0 bridgehead atoms. The summed E-state index contributed by atoms with van der Waals surface area (Å²) in [5.41, 5.74) is 2.16. The van der Waals surface area contributed by atoms with Crippen molar-refractivity contribution >= 4 is 22.4 Å². The Kier molecular flexibility index (Phi) is 2.26. The van der Waals surface area contributed by atoms with E-state index in [9.17, 15) is 0 Å². The van der Waals surface area contributed by atoms with Crippen LogP contribution in [0.15, 0.2) is 40.1 Å². The number of nitrogens with zero attached hydrogens (tertiary/aromatic N) is 1. The van der Waals surface area contributed by atoms with Crippen molar-refractivity contribution in [3.63, 3.8) is 0 Å². The van der Waals surface area contributed by atoms with Crippen LogP contribution in [0.2, 0.25) is 0 Å². The minimum Gasteiger partial charge on any atom is -0.440 e. The largest absolute Gasteiger partial charge is 0.440 e. The maximum Gasteiger partial charge on any atom is 0.200 e. The summed E-state index contributed by atoms with van der Waals surface area (Å²) >= 11 is 1.70. The van der Waals surface area contributed by atoms with Crippen molar-refractivity contribution in [2.24, 2.45) is 0 Å². The summed E-state index contributed by atoms with van der Waals surface area (Å²) in [6.45, 7) is 5.81. The second-order valence-corrected chi connectivity index (χ2v) is 4.59. The lowest BCUT2D eigenvalue weighted by Gasteiger charge is -1.90. The zero-order valence-corrected chi connectivity index (χ0v) is 9.33. The molecule has 2 aromatic heterocycles. The Balaban J connectivity index is 2.02. The average molecular weight is 227 g/mol. The fourth-order valence-electron chi connectivity index (χ4n) is 1.65. The number of hydrogen-bond donors (Lipinski definition) is 0. The molecule has 2 heterocycles. The molecule has 0 saturated carbocycles. The summed E-state index contributed by atoms with van der Waals surface area (Å²) in [4.78, 5) is 5.65. The number of oxazole rings is 1. The van der Waals surface area contributed by atoms with E-state index in [1.54, 1.807) is 11.3 Å². The van der Waals surface area contributed by atoms with Gasteiger partial charge in [-0.2, -0.15) is 0 Å². The van der Waals surface area contributed by atoms with E-state index in [0.717, 1.165) is 17.8 Å². The molecule has 16 heavy (non-hydrogen) atoms. The minimum atomic E-state index is 0.641. The van der Waals surface area contributed by atoms with Crippen molar-refractivity contribution in [1.82, 2.24) is 4.98 Å². The predicted molar refractivity (Wildman–Crippen MR) is 64.5 cm³/mol. The summed E-state index contributed by atoms with van der Waals surface area (Å²) in [5, 5.41) is 2.05. The fourth-order valence-corrected chi connectivity index (χ4v) is 2.35. The van der Waals surface area contributed by atoms with Gasteiger partial charge in [0.05, 0.1) is 6.42 Å². The van der Waals surface area contributed by atoms with E-state index in [1.807, 2.05) is 29.6 Å². The van der Waals surface area contributed by atoms with Crippen molar-refractivity contribution in [3.05, 3.63) is 59.0 Å². The highest BCUT2D eigenvalue weighted by Gasteiger charge is 2.08. The first kappa shape index (κ1) is 9.60. The number of para-hydroxylation sites is 1. The van der Waals surface area contributed by atoms with Gasteiger partial charge in [-0.05, 0) is 17.5 Å². The highest BCUT2D eigenvalue weighted by atomic mass is 32.1. The van der Waals surface area contributed by atoms with Gasteiger partial charge in [0, 0.05) is 17.4 Å². The highest BCUT2D eigenvalue weighted by Crippen LogP contribution is 2.22. The van der Waals surface area contributed by atoms with E-state index >= 15 is 0 Å². The molecule has 0 fully saturated rings. The Labute approximate surface area is 97.6 Å². The molecular weight excluding hydrogens is 218 g/mol. The van der Waals surface area contributed by atoms with Gasteiger partial charge in [-0.1, -0.05) is 18.2 Å². The lowest BCUT2D eigenvalue weighted by atomic mass is 10.2. The molecular formula is C13H9NOS. The van der Waals surface area contributed by atoms with Crippen LogP contribution in [0.3, 0.4) is 0 Å². The van der Waals surface area contributed by atoms with Gasteiger partial charge in [-0.3, -0.25) is 0 Å². The van der Waals surface area contributed by atoms with Gasteiger partial charge in [0.15, 0.2) is 5.58 Å². The van der Waals surface area contributed by atoms with Crippen LogP contribution in [0.5, 0.6) is 0 Å². The SMILES string of the molecule is [CH]c1cccc2nc(Cc3cccs3)oc12. The average Bonchev–Trinajstić information content (AvgIpc) is 2.88. The van der Waals surface area contributed by atoms with Crippen molar-refractivity contribution < 1.29 is 4.42 Å². The van der Waals surface area contributed by atoms with Gasteiger partial charge < -0.3 is 4.42 Å². The van der Waals surface area contributed by atoms with Crippen LogP contribution in [0, 0.1) is 6.92 Å². The molecule has 2 nitrogen and oxygen atoms in total. The smallest absolute Gasteiger partial charge is 0.200 e. The van der Waals surface area contributed by atoms with Crippen molar-refractivity contribution in [1.29, 1.82) is 0 Å². The van der Waals surface area contributed by atoms with E-state index in [-0.39, 0.29) is 0 Å². The fraction of sp³-hybridized carbons (Fsp3) is 0.0769. The second-order valence-electron chi connectivity index (χ2n) is 3.56. The van der Waals surface area contributed by atoms with Gasteiger partial charge in [0.25, 0.3) is 0 Å². The Morgan fingerprint density at radius 1 is 1.25 bits per heavy atom. The molecule has 0 aliphatic rings. The number of hydrogen-bond acceptors (Lipinski definition) is 3. The number of aromatic nitrogens is 1. The first-order valence-electron chi connectivity index (χ1n) is 4.99. The van der Waals surface area contributed by atoms with E-state index in [0.29, 0.717) is 11.1 Å². The summed E-state index contributed by atoms with van der Waals surface area (Å²) in [7, 11) is 0. The molecule has 0 unspecified atom stereocenters. The van der Waals surface area contributed by atoms with Gasteiger partial charge in [-0.25, -0.2) is 4.98 Å². The van der Waals surface area contributed by atoms with E-state index < -0.39 is 0 Å². The molecule has 0 saturated heterocycles. The quantitative estimate of drug-likeness (QED) is 0.669. The van der Waals surface area contributed by atoms with Gasteiger partial charge in [-0.15, -0.1) is 11.3 Å². The van der Waals surface area contributed by atoms with Gasteiger partial charge in [0.1, 0.15) is 5.52 Å². The maximum atomic E-state index is 5.81. The molecule has 2 radical (unpaired) electrons. The summed E-state index contributed by atoms with van der Waals surface area (Å²) < 4.78 is 5.64. The third-order valence-corrected chi connectivity index (χ3v) is 3.27. The maximum absolute atomic E-state index is 5.81. The Bertz CT molecular complexity index is 610. The topological polar surface area (TPSA) is 26.0 Å². The Hall–Kier alpha value is -1.61. The van der Waals surface area contributed by atoms with Crippen LogP contribution in [0.4, 0.5) is 0 Å². The van der Waals surface area contributed by atoms with Crippen LogP contribution in [-0.2, 0) is 6.42 Å². The molecule has 0 aliphatic heterocycles. The predicted octanol–water partition coefficient (Wildman–Crippen LogP) is 3.54. The summed E-state index contributed by atoms with van der Waals surface area (Å²) in [6, 6.07) is 9.71. The number of rotatable bonds is 2. The zero-order chi connectivity index (χ0) is 11.0. The number of thiophene rings is 1. The molecule has 1 aromatic carbocycles. The van der Waals surface area contributed by atoms with Crippen LogP contribution < -0.4 is 0 Å². The van der Waals surface area contributed by atoms with E-state index in [2.05, 4.69) is 11.1 Å². The van der Waals surface area contributed by atoms with Crippen LogP contribution in [-0.4, -0.2) is 4.98 Å². The molecule has 3 heteroatoms. The molecule has 0 N–H and O–H groups in total. The highest BCUT2D eigenvalue weighted by molar-refractivity contribution is 7.09. The van der Waals surface area contributed by atoms with E-state index in [4.69, 9.17) is 11.3 Å². The Morgan fingerprint density at radius 2 is 2.19 bits per heavy atom. The van der Waals surface area contributed by atoms with Crippen LogP contribution >= 0.6 is 11.3 Å². The zero-order valence-electron chi connectivity index (χ0n) is 8.51. The van der Waals surface area contributed by atoms with Crippen LogP contribution in [0.25, 0.3) is 11.1 Å². The van der Waals surface area contributed by atoms with Gasteiger partial charge in [0.2, 0.25) is 5.89 Å². The van der Waals surface area contributed by atoms with Gasteiger partial charge >= 0.3 is 0 Å². The lowest BCUT2D eigenvalue weighted by Crippen LogP contribution is -1.82. The molecule has 3 rings (SSSR count). The minimum absolute atomic E-state index is 0.641. The monoisotopic (exact) mass is 227 g/mol. The Morgan fingerprint density at radius 3 is 2.94 bits per heavy atom. The third-order valence-electron chi connectivity index (χ3n) is 2.40. The first-order chi connectivity index (χ1) is 7.83. The second kappa shape index (κ2) is 3.76.